The molecule has 0 saturated carbocycles. The fourth-order valence-corrected chi connectivity index (χ4v) is 2.65. The molecule has 1 aromatic carbocycles. The molecule has 0 bridgehead atoms. The number of rotatable bonds is 5. The van der Waals surface area contributed by atoms with E-state index in [-0.39, 0.29) is 17.1 Å². The first-order valence-corrected chi connectivity index (χ1v) is 7.40. The number of para-hydroxylation sites is 1. The number of nitro benzene ring substituents is 1. The van der Waals surface area contributed by atoms with Crippen LogP contribution in [0.3, 0.4) is 0 Å². The average molecular weight is 288 g/mol. The molecular weight excluding hydrogens is 272 g/mol. The van der Waals surface area contributed by atoms with Gasteiger partial charge in [0.05, 0.1) is 11.0 Å². The molecule has 0 amide bonds. The number of anilines is 1. The Morgan fingerprint density at radius 3 is 2.47 bits per heavy atom. The molecule has 0 aliphatic rings. The van der Waals surface area contributed by atoms with Crippen LogP contribution in [0.4, 0.5) is 11.4 Å². The summed E-state index contributed by atoms with van der Waals surface area (Å²) in [5.74, 6) is 0. The molecule has 0 aliphatic carbocycles. The third-order valence-corrected chi connectivity index (χ3v) is 3.64. The summed E-state index contributed by atoms with van der Waals surface area (Å²) in [6.07, 6.45) is 0.236. The standard InChI is InChI=1S/C11H16N2O5S/c1-8(14)7-12(2)9-5-4-6-10(19(3,17)18)11(9)13(15)16/h4-6,8,14H,7H2,1-3H3. The van der Waals surface area contributed by atoms with Gasteiger partial charge in [0.1, 0.15) is 10.6 Å². The van der Waals surface area contributed by atoms with E-state index in [9.17, 15) is 23.6 Å². The van der Waals surface area contributed by atoms with Crippen LogP contribution in [0.2, 0.25) is 0 Å². The van der Waals surface area contributed by atoms with Gasteiger partial charge in [-0.1, -0.05) is 6.07 Å². The Kier molecular flexibility index (Phi) is 4.48. The highest BCUT2D eigenvalue weighted by molar-refractivity contribution is 7.90. The maximum absolute atomic E-state index is 11.6. The van der Waals surface area contributed by atoms with Gasteiger partial charge < -0.3 is 10.0 Å². The molecule has 0 saturated heterocycles. The van der Waals surface area contributed by atoms with Gasteiger partial charge in [-0.3, -0.25) is 10.1 Å². The molecular formula is C11H16N2O5S. The summed E-state index contributed by atoms with van der Waals surface area (Å²) in [4.78, 5) is 11.5. The summed E-state index contributed by atoms with van der Waals surface area (Å²) in [7, 11) is -2.14. The molecule has 0 heterocycles. The number of aliphatic hydroxyl groups is 1. The van der Waals surface area contributed by atoms with E-state index in [2.05, 4.69) is 0 Å². The minimum atomic E-state index is -3.69. The molecule has 8 heteroatoms. The molecule has 1 atom stereocenters. The first kappa shape index (κ1) is 15.4. The van der Waals surface area contributed by atoms with E-state index in [1.165, 1.54) is 23.1 Å². The summed E-state index contributed by atoms with van der Waals surface area (Å²) >= 11 is 0. The van der Waals surface area contributed by atoms with Crippen LogP contribution in [0.1, 0.15) is 6.92 Å². The number of likely N-dealkylation sites (N-methyl/N-ethyl adjacent to an activating group) is 1. The molecule has 0 fully saturated rings. The highest BCUT2D eigenvalue weighted by Crippen LogP contribution is 2.34. The molecule has 1 N–H and O–H groups in total. The van der Waals surface area contributed by atoms with Gasteiger partial charge >= 0.3 is 5.69 Å². The zero-order valence-electron chi connectivity index (χ0n) is 10.9. The van der Waals surface area contributed by atoms with E-state index in [0.29, 0.717) is 0 Å². The van der Waals surface area contributed by atoms with Crippen molar-refractivity contribution in [1.29, 1.82) is 0 Å². The van der Waals surface area contributed by atoms with Crippen molar-refractivity contribution in [3.63, 3.8) is 0 Å². The summed E-state index contributed by atoms with van der Waals surface area (Å²) < 4.78 is 23.2. The number of hydrogen-bond donors (Lipinski definition) is 1. The van der Waals surface area contributed by atoms with Gasteiger partial charge in [-0.15, -0.1) is 0 Å². The van der Waals surface area contributed by atoms with Crippen LogP contribution in [0, 0.1) is 10.1 Å². The lowest BCUT2D eigenvalue weighted by Crippen LogP contribution is -2.27. The topological polar surface area (TPSA) is 101 Å². The lowest BCUT2D eigenvalue weighted by molar-refractivity contribution is -0.387. The van der Waals surface area contributed by atoms with Crippen LogP contribution in [-0.4, -0.2) is 44.4 Å². The van der Waals surface area contributed by atoms with Gasteiger partial charge in [-0.25, -0.2) is 8.42 Å². The summed E-state index contributed by atoms with van der Waals surface area (Å²) in [6.45, 7) is 1.71. The summed E-state index contributed by atoms with van der Waals surface area (Å²) in [6, 6.07) is 4.10. The number of nitro groups is 1. The Bertz CT molecular complexity index is 583. The lowest BCUT2D eigenvalue weighted by Gasteiger charge is -2.21. The van der Waals surface area contributed by atoms with E-state index in [1.54, 1.807) is 14.0 Å². The average Bonchev–Trinajstić information content (AvgIpc) is 2.25. The van der Waals surface area contributed by atoms with Crippen molar-refractivity contribution in [1.82, 2.24) is 0 Å². The summed E-state index contributed by atoms with van der Waals surface area (Å²) in [5, 5.41) is 20.4. The van der Waals surface area contributed by atoms with Crippen molar-refractivity contribution >= 4 is 21.2 Å². The Hall–Kier alpha value is -1.67. The molecule has 1 unspecified atom stereocenters. The van der Waals surface area contributed by atoms with E-state index < -0.39 is 26.6 Å². The van der Waals surface area contributed by atoms with Gasteiger partial charge in [0.25, 0.3) is 0 Å². The third kappa shape index (κ3) is 3.65. The van der Waals surface area contributed by atoms with Crippen molar-refractivity contribution in [3.05, 3.63) is 28.3 Å². The van der Waals surface area contributed by atoms with E-state index >= 15 is 0 Å². The second-order valence-corrected chi connectivity index (χ2v) is 6.37. The quantitative estimate of drug-likeness (QED) is 0.635. The van der Waals surface area contributed by atoms with E-state index in [4.69, 9.17) is 0 Å². The first-order chi connectivity index (χ1) is 8.64. The molecule has 1 rings (SSSR count). The number of sulfone groups is 1. The Labute approximate surface area is 111 Å². The SMILES string of the molecule is CC(O)CN(C)c1cccc(S(C)(=O)=O)c1[N+](=O)[O-]. The predicted molar refractivity (Wildman–Crippen MR) is 71.2 cm³/mol. The Morgan fingerprint density at radius 2 is 2.05 bits per heavy atom. The minimum absolute atomic E-state index is 0.161. The summed E-state index contributed by atoms with van der Waals surface area (Å²) in [5.41, 5.74) is -0.304. The highest BCUT2D eigenvalue weighted by atomic mass is 32.2. The first-order valence-electron chi connectivity index (χ1n) is 5.51. The Balaban J connectivity index is 3.45. The van der Waals surface area contributed by atoms with Crippen LogP contribution in [0.5, 0.6) is 0 Å². The van der Waals surface area contributed by atoms with Gasteiger partial charge in [0.15, 0.2) is 9.84 Å². The molecule has 0 aliphatic heterocycles. The lowest BCUT2D eigenvalue weighted by atomic mass is 10.2. The molecule has 19 heavy (non-hydrogen) atoms. The van der Waals surface area contributed by atoms with Crippen molar-refractivity contribution in [2.75, 3.05) is 24.7 Å². The third-order valence-electron chi connectivity index (χ3n) is 2.51. The van der Waals surface area contributed by atoms with Crippen molar-refractivity contribution in [3.8, 4) is 0 Å². The van der Waals surface area contributed by atoms with Crippen LogP contribution in [0.15, 0.2) is 23.1 Å². The fraction of sp³-hybridized carbons (Fsp3) is 0.455. The number of hydrogen-bond acceptors (Lipinski definition) is 6. The highest BCUT2D eigenvalue weighted by Gasteiger charge is 2.27. The number of aliphatic hydroxyl groups excluding tert-OH is 1. The van der Waals surface area contributed by atoms with Crippen molar-refractivity contribution in [2.24, 2.45) is 0 Å². The molecule has 106 valence electrons. The molecule has 0 aromatic heterocycles. The zero-order valence-corrected chi connectivity index (χ0v) is 11.7. The van der Waals surface area contributed by atoms with Crippen LogP contribution in [-0.2, 0) is 9.84 Å². The van der Waals surface area contributed by atoms with Crippen molar-refractivity contribution in [2.45, 2.75) is 17.9 Å². The van der Waals surface area contributed by atoms with Crippen LogP contribution in [0.25, 0.3) is 0 Å². The largest absolute Gasteiger partial charge is 0.392 e. The van der Waals surface area contributed by atoms with Crippen molar-refractivity contribution < 1.29 is 18.4 Å². The van der Waals surface area contributed by atoms with Crippen LogP contribution < -0.4 is 4.90 Å². The maximum atomic E-state index is 11.6. The van der Waals surface area contributed by atoms with Gasteiger partial charge in [-0.2, -0.15) is 0 Å². The monoisotopic (exact) mass is 288 g/mol. The second kappa shape index (κ2) is 5.54. The smallest absolute Gasteiger partial charge is 0.311 e. The molecule has 7 nitrogen and oxygen atoms in total. The number of benzene rings is 1. The van der Waals surface area contributed by atoms with E-state index in [0.717, 1.165) is 6.26 Å². The normalized spacial score (nSPS) is 13.1. The zero-order chi connectivity index (χ0) is 14.8. The maximum Gasteiger partial charge on any atom is 0.311 e. The molecule has 0 spiro atoms. The Morgan fingerprint density at radius 1 is 1.47 bits per heavy atom. The van der Waals surface area contributed by atoms with E-state index in [1.807, 2.05) is 0 Å². The van der Waals surface area contributed by atoms with Crippen LogP contribution >= 0.6 is 0 Å². The predicted octanol–water partition coefficient (Wildman–Crippen LogP) is 0.815. The second-order valence-electron chi connectivity index (χ2n) is 4.38. The van der Waals surface area contributed by atoms with Gasteiger partial charge in [0.2, 0.25) is 0 Å². The fourth-order valence-electron chi connectivity index (χ4n) is 1.80. The molecule has 0 radical (unpaired) electrons. The molecule has 1 aromatic rings. The van der Waals surface area contributed by atoms with Gasteiger partial charge in [-0.05, 0) is 19.1 Å². The number of nitrogens with zero attached hydrogens (tertiary/aromatic N) is 2. The minimum Gasteiger partial charge on any atom is -0.392 e. The van der Waals surface area contributed by atoms with Gasteiger partial charge in [0, 0.05) is 19.8 Å².